The maximum absolute atomic E-state index is 13.0. The largest absolute Gasteiger partial charge is 0.859 e. The molecule has 37 heavy (non-hydrogen) atoms. The summed E-state index contributed by atoms with van der Waals surface area (Å²) in [7, 11) is 0. The van der Waals surface area contributed by atoms with Crippen molar-refractivity contribution in [2.75, 3.05) is 13.1 Å². The predicted octanol–water partition coefficient (Wildman–Crippen LogP) is 3.01. The van der Waals surface area contributed by atoms with E-state index in [4.69, 9.17) is 0 Å². The molecule has 1 aliphatic rings. The van der Waals surface area contributed by atoms with Gasteiger partial charge in [-0.1, -0.05) is 59.5 Å². The Hall–Kier alpha value is -3.43. The van der Waals surface area contributed by atoms with Crippen LogP contribution in [0.25, 0.3) is 6.08 Å². The molecular formula is C27H39N4O6-. The number of amides is 4. The summed E-state index contributed by atoms with van der Waals surface area (Å²) in [6.45, 7) is 8.53. The van der Waals surface area contributed by atoms with Gasteiger partial charge in [0.05, 0.1) is 0 Å². The molecule has 4 amide bonds. The van der Waals surface area contributed by atoms with Crippen LogP contribution >= 0.6 is 0 Å². The highest BCUT2D eigenvalue weighted by Crippen LogP contribution is 2.20. The molecule has 1 saturated heterocycles. The second-order valence-electron chi connectivity index (χ2n) is 9.16. The van der Waals surface area contributed by atoms with Crippen LogP contribution in [-0.4, -0.2) is 49.9 Å². The highest BCUT2D eigenvalue weighted by molar-refractivity contribution is 6.28. The molecule has 2 heterocycles. The lowest BCUT2D eigenvalue weighted by Crippen LogP contribution is -2.56. The van der Waals surface area contributed by atoms with Crippen molar-refractivity contribution in [2.45, 2.75) is 92.2 Å². The van der Waals surface area contributed by atoms with Crippen molar-refractivity contribution >= 4 is 23.9 Å². The summed E-state index contributed by atoms with van der Waals surface area (Å²) >= 11 is 0. The van der Waals surface area contributed by atoms with E-state index in [2.05, 4.69) is 0 Å². The second kappa shape index (κ2) is 14.3. The van der Waals surface area contributed by atoms with Crippen LogP contribution in [0.4, 0.5) is 4.79 Å². The van der Waals surface area contributed by atoms with Crippen molar-refractivity contribution in [1.82, 2.24) is 18.9 Å². The van der Waals surface area contributed by atoms with E-state index in [0.29, 0.717) is 25.7 Å². The Bertz CT molecular complexity index is 1130. The van der Waals surface area contributed by atoms with Crippen molar-refractivity contribution in [1.29, 1.82) is 0 Å². The Balaban J connectivity index is 2.54. The van der Waals surface area contributed by atoms with Gasteiger partial charge in [0.2, 0.25) is 0 Å². The van der Waals surface area contributed by atoms with Crippen LogP contribution in [0.3, 0.4) is 0 Å². The number of hydrogen-bond acceptors (Lipinski definition) is 6. The molecule has 1 fully saturated rings. The zero-order valence-electron chi connectivity index (χ0n) is 22.5. The number of allylic oxidation sites excluding steroid dienone is 2. The van der Waals surface area contributed by atoms with Gasteiger partial charge in [-0.15, -0.1) is 0 Å². The van der Waals surface area contributed by atoms with Crippen molar-refractivity contribution in [3.8, 4) is 5.88 Å². The third-order valence-electron chi connectivity index (χ3n) is 6.29. The van der Waals surface area contributed by atoms with Gasteiger partial charge >= 0.3 is 11.7 Å². The lowest BCUT2D eigenvalue weighted by Gasteiger charge is -2.33. The smallest absolute Gasteiger partial charge is 0.333 e. The van der Waals surface area contributed by atoms with E-state index in [-0.39, 0.29) is 37.3 Å². The topological polar surface area (TPSA) is 125 Å². The van der Waals surface area contributed by atoms with E-state index in [1.165, 1.54) is 18.2 Å². The van der Waals surface area contributed by atoms with Gasteiger partial charge in [-0.3, -0.25) is 28.8 Å². The minimum atomic E-state index is -0.698. The lowest BCUT2D eigenvalue weighted by molar-refractivity contribution is -0.280. The SMILES string of the molecule is CCCCN1C(=O)C(=C/C=C/c2c([O-])n(CCCC)c(=O)n(CCCC)c2=O)C(=O)N(CCCC)C1=O. The molecule has 1 aromatic heterocycles. The number of urea groups is 1. The predicted molar refractivity (Wildman–Crippen MR) is 140 cm³/mol. The molecule has 2 rings (SSSR count). The van der Waals surface area contributed by atoms with E-state index >= 15 is 0 Å². The van der Waals surface area contributed by atoms with E-state index in [1.54, 1.807) is 0 Å². The molecule has 0 atom stereocenters. The first-order valence-electron chi connectivity index (χ1n) is 13.4. The average molecular weight is 516 g/mol. The fourth-order valence-corrected chi connectivity index (χ4v) is 3.98. The molecule has 0 unspecified atom stereocenters. The van der Waals surface area contributed by atoms with Crippen LogP contribution in [0, 0.1) is 0 Å². The van der Waals surface area contributed by atoms with Crippen LogP contribution in [0.15, 0.2) is 27.3 Å². The fourth-order valence-electron chi connectivity index (χ4n) is 3.98. The van der Waals surface area contributed by atoms with Gasteiger partial charge in [0.1, 0.15) is 5.57 Å². The third-order valence-corrected chi connectivity index (χ3v) is 6.29. The number of nitrogens with zero attached hydrogens (tertiary/aromatic N) is 4. The van der Waals surface area contributed by atoms with Gasteiger partial charge < -0.3 is 9.67 Å². The molecule has 204 valence electrons. The van der Waals surface area contributed by atoms with Gasteiger partial charge in [0.15, 0.2) is 0 Å². The molecule has 0 N–H and O–H groups in total. The van der Waals surface area contributed by atoms with Crippen molar-refractivity contribution in [3.63, 3.8) is 0 Å². The molecule has 0 aliphatic carbocycles. The average Bonchev–Trinajstić information content (AvgIpc) is 2.87. The number of aromatic nitrogens is 2. The molecule has 10 heteroatoms. The summed E-state index contributed by atoms with van der Waals surface area (Å²) in [5.74, 6) is -2.09. The zero-order chi connectivity index (χ0) is 27.5. The molecule has 0 saturated carbocycles. The number of rotatable bonds is 14. The number of carbonyl (C=O) groups excluding carboxylic acids is 3. The van der Waals surface area contributed by atoms with Crippen LogP contribution < -0.4 is 16.4 Å². The van der Waals surface area contributed by atoms with Gasteiger partial charge in [0, 0.05) is 31.7 Å². The van der Waals surface area contributed by atoms with Gasteiger partial charge in [-0.05, 0) is 43.7 Å². The maximum Gasteiger partial charge on any atom is 0.333 e. The lowest BCUT2D eigenvalue weighted by atomic mass is 10.1. The van der Waals surface area contributed by atoms with E-state index in [1.807, 2.05) is 27.7 Å². The van der Waals surface area contributed by atoms with Crippen LogP contribution in [0.5, 0.6) is 5.88 Å². The number of imide groups is 2. The minimum absolute atomic E-state index is 0.195. The first-order valence-corrected chi connectivity index (χ1v) is 13.4. The summed E-state index contributed by atoms with van der Waals surface area (Å²) in [4.78, 5) is 66.8. The monoisotopic (exact) mass is 515 g/mol. The quantitative estimate of drug-likeness (QED) is 0.277. The summed E-state index contributed by atoms with van der Waals surface area (Å²) < 4.78 is 2.14. The van der Waals surface area contributed by atoms with Crippen LogP contribution in [0.1, 0.15) is 84.6 Å². The van der Waals surface area contributed by atoms with Crippen molar-refractivity contribution < 1.29 is 19.5 Å². The highest BCUT2D eigenvalue weighted by Gasteiger charge is 2.40. The Morgan fingerprint density at radius 1 is 0.676 bits per heavy atom. The second-order valence-corrected chi connectivity index (χ2v) is 9.16. The fraction of sp³-hybridized carbons (Fsp3) is 0.593. The first-order chi connectivity index (χ1) is 17.7. The van der Waals surface area contributed by atoms with E-state index in [0.717, 1.165) is 44.6 Å². The zero-order valence-corrected chi connectivity index (χ0v) is 22.5. The standard InChI is InChI=1S/C27H40N4O6/c1-5-9-16-28-22(32)20(23(33)29(26(28)36)17-10-6-2)14-13-15-21-24(34)30(18-11-7-3)27(37)31(25(21)35)19-12-8-4/h13-15,32H,5-12,16-19H2,1-4H3/p-1/b14-13+. The van der Waals surface area contributed by atoms with Gasteiger partial charge in [0.25, 0.3) is 17.4 Å². The van der Waals surface area contributed by atoms with Crippen LogP contribution in [-0.2, 0) is 22.7 Å². The Labute approximate surface area is 217 Å². The maximum atomic E-state index is 13.0. The van der Waals surface area contributed by atoms with Crippen molar-refractivity contribution in [3.05, 3.63) is 44.1 Å². The number of hydrogen-bond donors (Lipinski definition) is 0. The molecule has 0 aromatic carbocycles. The normalized spacial score (nSPS) is 14.4. The molecular weight excluding hydrogens is 476 g/mol. The first kappa shape index (κ1) is 29.8. The van der Waals surface area contributed by atoms with E-state index in [9.17, 15) is 29.1 Å². The van der Waals surface area contributed by atoms with Crippen molar-refractivity contribution in [2.24, 2.45) is 0 Å². The number of barbiturate groups is 1. The number of unbranched alkanes of at least 4 members (excludes halogenated alkanes) is 4. The third kappa shape index (κ3) is 6.87. The molecule has 1 aliphatic heterocycles. The van der Waals surface area contributed by atoms with Gasteiger partial charge in [-0.25, -0.2) is 9.59 Å². The Morgan fingerprint density at radius 3 is 1.62 bits per heavy atom. The summed E-state index contributed by atoms with van der Waals surface area (Å²) in [5.41, 5.74) is -1.74. The molecule has 10 nitrogen and oxygen atoms in total. The highest BCUT2D eigenvalue weighted by atomic mass is 16.3. The Kier molecular flexibility index (Phi) is 11.6. The van der Waals surface area contributed by atoms with Crippen LogP contribution in [0.2, 0.25) is 0 Å². The van der Waals surface area contributed by atoms with E-state index < -0.39 is 35.0 Å². The molecule has 0 radical (unpaired) electrons. The minimum Gasteiger partial charge on any atom is -0.859 e. The molecule has 1 aromatic rings. The summed E-state index contributed by atoms with van der Waals surface area (Å²) in [6, 6.07) is -0.623. The number of carbonyl (C=O) groups is 3. The Morgan fingerprint density at radius 2 is 1.14 bits per heavy atom. The van der Waals surface area contributed by atoms with Gasteiger partial charge in [-0.2, -0.15) is 0 Å². The summed E-state index contributed by atoms with van der Waals surface area (Å²) in [5, 5.41) is 13.0. The molecule has 0 bridgehead atoms. The molecule has 0 spiro atoms. The summed E-state index contributed by atoms with van der Waals surface area (Å²) in [6.07, 6.45) is 9.27.